The quantitative estimate of drug-likeness (QED) is 0.301. The molecule has 2 aromatic heterocycles. The number of methoxy groups -OCH3 is 1. The number of nitro benzene ring substituents is 1. The number of nitrogens with one attached hydrogen (secondary N) is 1. The minimum absolute atomic E-state index is 0.0437. The van der Waals surface area contributed by atoms with Gasteiger partial charge in [0.2, 0.25) is 0 Å². The fraction of sp³-hybridized carbons (Fsp3) is 0.304. The number of furan rings is 1. The van der Waals surface area contributed by atoms with E-state index in [1.165, 1.54) is 19.2 Å². The SMILES string of the molecule is COc1cc([N+](=O)[O-])ccc1-c1ccc([C@@H]2[C@H](c3ccccn3)NC(=S)N2CCN(C)C)o1. The van der Waals surface area contributed by atoms with Crippen LogP contribution in [0.15, 0.2) is 59.1 Å². The molecular weight excluding hydrogens is 442 g/mol. The van der Waals surface area contributed by atoms with Crippen molar-refractivity contribution < 1.29 is 14.1 Å². The lowest BCUT2D eigenvalue weighted by atomic mass is 10.0. The van der Waals surface area contributed by atoms with Crippen LogP contribution in [0.2, 0.25) is 0 Å². The van der Waals surface area contributed by atoms with Gasteiger partial charge in [-0.25, -0.2) is 0 Å². The average Bonchev–Trinajstić information content (AvgIpc) is 3.42. The number of nitro groups is 1. The van der Waals surface area contributed by atoms with Gasteiger partial charge in [-0.1, -0.05) is 6.07 Å². The summed E-state index contributed by atoms with van der Waals surface area (Å²) in [5, 5.41) is 15.2. The van der Waals surface area contributed by atoms with Gasteiger partial charge in [0.1, 0.15) is 23.3 Å². The highest BCUT2D eigenvalue weighted by Gasteiger charge is 2.41. The molecule has 0 aliphatic carbocycles. The lowest BCUT2D eigenvalue weighted by Crippen LogP contribution is -2.35. The molecule has 0 amide bonds. The molecule has 1 aliphatic heterocycles. The molecular formula is C23H25N5O4S. The molecule has 10 heteroatoms. The van der Waals surface area contributed by atoms with Crippen LogP contribution in [-0.4, -0.2) is 59.1 Å². The Morgan fingerprint density at radius 2 is 2.09 bits per heavy atom. The number of hydrogen-bond acceptors (Lipinski definition) is 7. The van der Waals surface area contributed by atoms with E-state index in [2.05, 4.69) is 20.1 Å². The van der Waals surface area contributed by atoms with Crippen molar-refractivity contribution in [3.63, 3.8) is 0 Å². The van der Waals surface area contributed by atoms with Crippen molar-refractivity contribution in [1.82, 2.24) is 20.1 Å². The highest BCUT2D eigenvalue weighted by atomic mass is 32.1. The van der Waals surface area contributed by atoms with E-state index >= 15 is 0 Å². The van der Waals surface area contributed by atoms with Gasteiger partial charge in [-0.05, 0) is 56.6 Å². The number of benzene rings is 1. The predicted molar refractivity (Wildman–Crippen MR) is 128 cm³/mol. The molecule has 0 spiro atoms. The van der Waals surface area contributed by atoms with Gasteiger partial charge < -0.3 is 24.3 Å². The van der Waals surface area contributed by atoms with Gasteiger partial charge in [0.05, 0.1) is 35.4 Å². The second-order valence-corrected chi connectivity index (χ2v) is 8.35. The minimum atomic E-state index is -0.453. The Kier molecular flexibility index (Phi) is 6.57. The molecule has 0 bridgehead atoms. The molecule has 172 valence electrons. The minimum Gasteiger partial charge on any atom is -0.496 e. The highest BCUT2D eigenvalue weighted by molar-refractivity contribution is 7.80. The molecule has 4 rings (SSSR count). The summed E-state index contributed by atoms with van der Waals surface area (Å²) >= 11 is 5.67. The van der Waals surface area contributed by atoms with Crippen molar-refractivity contribution in [1.29, 1.82) is 0 Å². The molecule has 3 heterocycles. The summed E-state index contributed by atoms with van der Waals surface area (Å²) < 4.78 is 11.7. The van der Waals surface area contributed by atoms with Crippen molar-refractivity contribution in [2.24, 2.45) is 0 Å². The number of rotatable bonds is 8. The number of hydrogen-bond donors (Lipinski definition) is 1. The molecule has 3 aromatic rings. The van der Waals surface area contributed by atoms with E-state index in [-0.39, 0.29) is 17.8 Å². The normalized spacial score (nSPS) is 17.9. The zero-order valence-electron chi connectivity index (χ0n) is 18.6. The average molecular weight is 468 g/mol. The molecule has 1 saturated heterocycles. The second-order valence-electron chi connectivity index (χ2n) is 7.97. The van der Waals surface area contributed by atoms with Crippen LogP contribution >= 0.6 is 12.2 Å². The fourth-order valence-electron chi connectivity index (χ4n) is 3.92. The standard InChI is InChI=1S/C23H25N5O4S/c1-26(2)12-13-27-22(21(25-23(27)33)17-6-4-5-11-24-17)19-10-9-18(32-19)16-8-7-15(28(29)30)14-20(16)31-3/h4-11,14,21-22H,12-13H2,1-3H3,(H,25,33)/t21-,22+/m0/s1. The smallest absolute Gasteiger partial charge is 0.273 e. The maximum Gasteiger partial charge on any atom is 0.273 e. The third-order valence-electron chi connectivity index (χ3n) is 5.57. The summed E-state index contributed by atoms with van der Waals surface area (Å²) in [5.41, 5.74) is 1.46. The number of pyridine rings is 1. The lowest BCUT2D eigenvalue weighted by Gasteiger charge is -2.27. The van der Waals surface area contributed by atoms with Gasteiger partial charge in [-0.3, -0.25) is 15.1 Å². The molecule has 0 radical (unpaired) electrons. The summed E-state index contributed by atoms with van der Waals surface area (Å²) in [4.78, 5) is 19.4. The van der Waals surface area contributed by atoms with Crippen molar-refractivity contribution in [2.45, 2.75) is 12.1 Å². The van der Waals surface area contributed by atoms with Crippen LogP contribution in [-0.2, 0) is 0 Å². The summed E-state index contributed by atoms with van der Waals surface area (Å²) in [5.74, 6) is 1.64. The van der Waals surface area contributed by atoms with Gasteiger partial charge >= 0.3 is 0 Å². The van der Waals surface area contributed by atoms with Crippen LogP contribution < -0.4 is 10.1 Å². The van der Waals surface area contributed by atoms with Crippen molar-refractivity contribution in [2.75, 3.05) is 34.3 Å². The first-order valence-electron chi connectivity index (χ1n) is 10.4. The van der Waals surface area contributed by atoms with E-state index in [1.807, 2.05) is 44.4 Å². The Bertz CT molecular complexity index is 1150. The Hall–Kier alpha value is -3.50. The molecule has 1 N–H and O–H groups in total. The van der Waals surface area contributed by atoms with Crippen LogP contribution in [0.25, 0.3) is 11.3 Å². The number of thiocarbonyl (C=S) groups is 1. The van der Waals surface area contributed by atoms with Gasteiger partial charge in [0, 0.05) is 25.4 Å². The van der Waals surface area contributed by atoms with Gasteiger partial charge in [0.15, 0.2) is 5.11 Å². The molecule has 1 aromatic carbocycles. The van der Waals surface area contributed by atoms with E-state index in [1.54, 1.807) is 12.3 Å². The zero-order chi connectivity index (χ0) is 23.5. The maximum atomic E-state index is 11.1. The van der Waals surface area contributed by atoms with Crippen molar-refractivity contribution >= 4 is 23.0 Å². The Balaban J connectivity index is 1.72. The van der Waals surface area contributed by atoms with Gasteiger partial charge in [-0.15, -0.1) is 0 Å². The first-order valence-corrected chi connectivity index (χ1v) is 10.8. The van der Waals surface area contributed by atoms with E-state index in [0.717, 1.165) is 12.2 Å². The molecule has 2 atom stereocenters. The zero-order valence-corrected chi connectivity index (χ0v) is 19.4. The second kappa shape index (κ2) is 9.55. The van der Waals surface area contributed by atoms with Gasteiger partial charge in [0.25, 0.3) is 5.69 Å². The van der Waals surface area contributed by atoms with Crippen LogP contribution in [0, 0.1) is 10.1 Å². The van der Waals surface area contributed by atoms with Crippen LogP contribution in [0.1, 0.15) is 23.5 Å². The first kappa shape index (κ1) is 22.7. The summed E-state index contributed by atoms with van der Waals surface area (Å²) in [7, 11) is 5.51. The summed E-state index contributed by atoms with van der Waals surface area (Å²) in [6.45, 7) is 1.53. The number of non-ortho nitro benzene ring substituents is 1. The number of ether oxygens (including phenoxy) is 1. The van der Waals surface area contributed by atoms with E-state index in [0.29, 0.717) is 34.5 Å². The van der Waals surface area contributed by atoms with Crippen molar-refractivity contribution in [3.05, 3.63) is 76.3 Å². The Labute approximate surface area is 197 Å². The largest absolute Gasteiger partial charge is 0.496 e. The predicted octanol–water partition coefficient (Wildman–Crippen LogP) is 3.79. The van der Waals surface area contributed by atoms with Crippen LogP contribution in [0.5, 0.6) is 5.75 Å². The van der Waals surface area contributed by atoms with Crippen LogP contribution in [0.4, 0.5) is 5.69 Å². The molecule has 1 fully saturated rings. The third-order valence-corrected chi connectivity index (χ3v) is 5.92. The number of aromatic nitrogens is 1. The number of nitrogens with zero attached hydrogens (tertiary/aromatic N) is 4. The molecule has 1 aliphatic rings. The topological polar surface area (TPSA) is 96.9 Å². The first-order chi connectivity index (χ1) is 15.9. The molecule has 0 unspecified atom stereocenters. The molecule has 9 nitrogen and oxygen atoms in total. The van der Waals surface area contributed by atoms with Crippen LogP contribution in [0.3, 0.4) is 0 Å². The lowest BCUT2D eigenvalue weighted by molar-refractivity contribution is -0.384. The molecule has 0 saturated carbocycles. The third kappa shape index (κ3) is 4.67. The highest BCUT2D eigenvalue weighted by Crippen LogP contribution is 2.41. The van der Waals surface area contributed by atoms with Gasteiger partial charge in [-0.2, -0.15) is 0 Å². The summed E-state index contributed by atoms with van der Waals surface area (Å²) in [6, 6.07) is 13.6. The monoisotopic (exact) mass is 467 g/mol. The fourth-order valence-corrected chi connectivity index (χ4v) is 4.25. The van der Waals surface area contributed by atoms with Crippen molar-refractivity contribution in [3.8, 4) is 17.1 Å². The van der Waals surface area contributed by atoms with E-state index < -0.39 is 4.92 Å². The molecule has 33 heavy (non-hydrogen) atoms. The maximum absolute atomic E-state index is 11.1. The van der Waals surface area contributed by atoms with E-state index in [9.17, 15) is 10.1 Å². The Morgan fingerprint density at radius 3 is 2.76 bits per heavy atom. The summed E-state index contributed by atoms with van der Waals surface area (Å²) in [6.07, 6.45) is 1.76. The number of likely N-dealkylation sites (N-methyl/N-ethyl adjacent to an activating group) is 1. The Morgan fingerprint density at radius 1 is 1.27 bits per heavy atom. The van der Waals surface area contributed by atoms with E-state index in [4.69, 9.17) is 21.4 Å².